The molecule has 0 aromatic heterocycles. The van der Waals surface area contributed by atoms with Crippen LogP contribution in [0.2, 0.25) is 0 Å². The molecule has 0 N–H and O–H groups in total. The molecule has 0 aliphatic carbocycles. The number of ether oxygens (including phenoxy) is 3. The summed E-state index contributed by atoms with van der Waals surface area (Å²) in [7, 11) is -8.98. The van der Waals surface area contributed by atoms with Gasteiger partial charge in [0.05, 0.1) is 26.4 Å². The van der Waals surface area contributed by atoms with Gasteiger partial charge in [-0.2, -0.15) is 0 Å². The van der Waals surface area contributed by atoms with Crippen LogP contribution < -0.4 is 4.74 Å². The molecule has 1 atom stereocenters. The van der Waals surface area contributed by atoms with E-state index in [1.54, 1.807) is 7.11 Å². The van der Waals surface area contributed by atoms with Gasteiger partial charge in [-0.05, 0) is 23.8 Å². The van der Waals surface area contributed by atoms with E-state index in [4.69, 9.17) is 14.2 Å². The Kier molecular flexibility index (Phi) is 5.85. The summed E-state index contributed by atoms with van der Waals surface area (Å²) < 4.78 is 75.6. The summed E-state index contributed by atoms with van der Waals surface area (Å²) in [4.78, 5) is 2.23. The molecule has 3 rings (SSSR count). The normalized spacial score (nSPS) is 22.6. The second kappa shape index (κ2) is 7.33. The molecule has 2 aliphatic heterocycles. The summed E-state index contributed by atoms with van der Waals surface area (Å²) in [5, 5.41) is 0. The van der Waals surface area contributed by atoms with Gasteiger partial charge in [0.2, 0.25) is 0 Å². The van der Waals surface area contributed by atoms with Crippen LogP contribution in [0.15, 0.2) is 48.7 Å². The van der Waals surface area contributed by atoms with E-state index in [9.17, 15) is 25.2 Å². The zero-order valence-corrected chi connectivity index (χ0v) is 15.2. The first-order chi connectivity index (χ1) is 12.3. The molecule has 1 unspecified atom stereocenters. The number of allylic oxidation sites excluding steroid dienone is 2. The second-order valence-corrected chi connectivity index (χ2v) is 7.72. The summed E-state index contributed by atoms with van der Waals surface area (Å²) >= 11 is 0. The Morgan fingerprint density at radius 2 is 1.56 bits per heavy atom. The molecule has 0 radical (unpaired) electrons. The maximum atomic E-state index is 9.87. The van der Waals surface area contributed by atoms with E-state index < -0.39 is 7.81 Å². The van der Waals surface area contributed by atoms with Crippen molar-refractivity contribution in [2.45, 2.75) is 18.9 Å². The first-order valence-electron chi connectivity index (χ1n) is 7.85. The predicted molar refractivity (Wildman–Crippen MR) is 89.9 cm³/mol. The van der Waals surface area contributed by atoms with E-state index in [2.05, 4.69) is 29.3 Å². The Morgan fingerprint density at radius 3 is 2.07 bits per heavy atom. The molecule has 2 heterocycles. The Labute approximate surface area is 152 Å². The van der Waals surface area contributed by atoms with Crippen molar-refractivity contribution in [3.8, 4) is 5.75 Å². The van der Waals surface area contributed by atoms with E-state index in [1.807, 2.05) is 24.3 Å². The summed E-state index contributed by atoms with van der Waals surface area (Å²) in [5.41, 5.74) is 1.23. The molecule has 1 aromatic rings. The fraction of sp³-hybridized carbons (Fsp3) is 0.375. The standard InChI is InChI=1S/C16H19NO3.F6P/c1-18-14-7-5-13(6-8-14)12-17-9-3-2-4-15(17)16-19-10-11-20-16;1-7(2,3,4,5)6/h2-9,15-16H,10-12H2,1H3;/q;-1. The Morgan fingerprint density at radius 1 is 1.00 bits per heavy atom. The molecule has 0 spiro atoms. The van der Waals surface area contributed by atoms with Crippen molar-refractivity contribution in [1.82, 2.24) is 4.90 Å². The average Bonchev–Trinajstić information content (AvgIpc) is 3.07. The fourth-order valence-electron chi connectivity index (χ4n) is 2.47. The van der Waals surface area contributed by atoms with Crippen molar-refractivity contribution in [3.63, 3.8) is 0 Å². The fourth-order valence-corrected chi connectivity index (χ4v) is 2.47. The summed E-state index contributed by atoms with van der Waals surface area (Å²) in [6, 6.07) is 8.26. The zero-order valence-electron chi connectivity index (χ0n) is 14.3. The Balaban J connectivity index is 0.000000321. The van der Waals surface area contributed by atoms with Crippen LogP contribution in [0, 0.1) is 0 Å². The molecule has 2 aliphatic rings. The number of rotatable bonds is 4. The number of benzene rings is 1. The molecular weight excluding hydrogens is 399 g/mol. The molecule has 4 nitrogen and oxygen atoms in total. The molecule has 0 saturated carbocycles. The van der Waals surface area contributed by atoms with E-state index in [1.165, 1.54) is 5.56 Å². The third kappa shape index (κ3) is 9.12. The van der Waals surface area contributed by atoms with Gasteiger partial charge in [-0.15, -0.1) is 0 Å². The third-order valence-electron chi connectivity index (χ3n) is 3.53. The van der Waals surface area contributed by atoms with E-state index in [0.717, 1.165) is 12.3 Å². The summed E-state index contributed by atoms with van der Waals surface area (Å²) in [6.07, 6.45) is 8.11. The minimum atomic E-state index is -10.7. The van der Waals surface area contributed by atoms with Gasteiger partial charge in [0.1, 0.15) is 5.75 Å². The molecule has 1 aromatic carbocycles. The van der Waals surface area contributed by atoms with Gasteiger partial charge >= 0.3 is 33.0 Å². The van der Waals surface area contributed by atoms with Crippen LogP contribution in [0.5, 0.6) is 5.75 Å². The number of hydrogen-bond donors (Lipinski definition) is 0. The second-order valence-electron chi connectivity index (χ2n) is 5.81. The predicted octanol–water partition coefficient (Wildman–Crippen LogP) is 5.70. The van der Waals surface area contributed by atoms with Gasteiger partial charge in [0.25, 0.3) is 0 Å². The zero-order chi connectivity index (χ0) is 20.2. The first kappa shape index (κ1) is 21.5. The van der Waals surface area contributed by atoms with Gasteiger partial charge < -0.3 is 19.1 Å². The first-order valence-corrected chi connectivity index (χ1v) is 9.88. The van der Waals surface area contributed by atoms with Crippen LogP contribution in [0.1, 0.15) is 5.56 Å². The SMILES string of the molecule is COc1ccc(CN2C=CC=CC2C2OCCO2)cc1.F[P-](F)(F)(F)(F)F. The third-order valence-corrected chi connectivity index (χ3v) is 3.53. The molecule has 1 saturated heterocycles. The molecule has 1 fully saturated rings. The minimum absolute atomic E-state index is 0.129. The van der Waals surface area contributed by atoms with E-state index >= 15 is 0 Å². The molecule has 0 amide bonds. The van der Waals surface area contributed by atoms with Crippen molar-refractivity contribution in [2.75, 3.05) is 20.3 Å². The number of methoxy groups -OCH3 is 1. The van der Waals surface area contributed by atoms with Crippen molar-refractivity contribution in [3.05, 3.63) is 54.3 Å². The monoisotopic (exact) mass is 418 g/mol. The molecular formula is C16H19F6NO3P-. The van der Waals surface area contributed by atoms with Crippen LogP contribution in [0.4, 0.5) is 25.2 Å². The Hall–Kier alpha value is -1.77. The average molecular weight is 418 g/mol. The number of halogens is 6. The summed E-state index contributed by atoms with van der Waals surface area (Å²) in [6.45, 7) is 2.17. The van der Waals surface area contributed by atoms with Gasteiger partial charge in [0, 0.05) is 12.7 Å². The quantitative estimate of drug-likeness (QED) is 0.463. The topological polar surface area (TPSA) is 30.9 Å². The van der Waals surface area contributed by atoms with Crippen LogP contribution in [0.25, 0.3) is 0 Å². The van der Waals surface area contributed by atoms with Crippen LogP contribution >= 0.6 is 7.81 Å². The van der Waals surface area contributed by atoms with Crippen molar-refractivity contribution in [1.29, 1.82) is 0 Å². The summed E-state index contributed by atoms with van der Waals surface area (Å²) in [5.74, 6) is 0.877. The molecule has 27 heavy (non-hydrogen) atoms. The van der Waals surface area contributed by atoms with Gasteiger partial charge in [-0.25, -0.2) is 0 Å². The van der Waals surface area contributed by atoms with E-state index in [-0.39, 0.29) is 12.3 Å². The number of nitrogens with zero attached hydrogens (tertiary/aromatic N) is 1. The van der Waals surface area contributed by atoms with Crippen LogP contribution in [-0.4, -0.2) is 37.6 Å². The van der Waals surface area contributed by atoms with Crippen molar-refractivity contribution < 1.29 is 39.4 Å². The number of hydrogen-bond acceptors (Lipinski definition) is 4. The van der Waals surface area contributed by atoms with Gasteiger partial charge in [-0.3, -0.25) is 0 Å². The Bertz CT molecular complexity index is 673. The van der Waals surface area contributed by atoms with E-state index in [0.29, 0.717) is 13.2 Å². The van der Waals surface area contributed by atoms with Gasteiger partial charge in [-0.1, -0.05) is 24.3 Å². The molecule has 0 bridgehead atoms. The molecule has 154 valence electrons. The van der Waals surface area contributed by atoms with Crippen LogP contribution in [-0.2, 0) is 16.0 Å². The van der Waals surface area contributed by atoms with Crippen molar-refractivity contribution >= 4 is 7.81 Å². The van der Waals surface area contributed by atoms with Gasteiger partial charge in [0.15, 0.2) is 6.29 Å². The maximum absolute atomic E-state index is 10.7. The molecule has 11 heteroatoms. The van der Waals surface area contributed by atoms with Crippen molar-refractivity contribution in [2.24, 2.45) is 0 Å². The van der Waals surface area contributed by atoms with Crippen LogP contribution in [0.3, 0.4) is 0 Å².